The van der Waals surface area contributed by atoms with Gasteiger partial charge in [-0.3, -0.25) is 9.59 Å². The first-order valence-corrected chi connectivity index (χ1v) is 12.1. The lowest BCUT2D eigenvalue weighted by atomic mass is 10.2. The predicted octanol–water partition coefficient (Wildman–Crippen LogP) is 1.75. The van der Waals surface area contributed by atoms with Crippen molar-refractivity contribution in [2.45, 2.75) is 18.7 Å². The standard InChI is InChI=1S/C23H27N3O6S/c1-3-26(20-7-5-4-6-8-20)22(28)17-32-23(29)19-9-11-21(12-10-19)33(30,31)25-15-13-24(14-16-25)18(2)27/h4-12H,3,13-17H2,1-2H3. The van der Waals surface area contributed by atoms with E-state index < -0.39 is 22.6 Å². The number of rotatable bonds is 7. The van der Waals surface area contributed by atoms with E-state index in [1.54, 1.807) is 17.0 Å². The number of piperazine rings is 1. The number of sulfonamides is 1. The topological polar surface area (TPSA) is 104 Å². The van der Waals surface area contributed by atoms with Crippen molar-refractivity contribution in [1.82, 2.24) is 9.21 Å². The monoisotopic (exact) mass is 473 g/mol. The maximum Gasteiger partial charge on any atom is 0.338 e. The Hall–Kier alpha value is -3.24. The van der Waals surface area contributed by atoms with Crippen molar-refractivity contribution in [2.24, 2.45) is 0 Å². The van der Waals surface area contributed by atoms with Crippen molar-refractivity contribution in [3.8, 4) is 0 Å². The number of carbonyl (C=O) groups excluding carboxylic acids is 3. The third-order valence-electron chi connectivity index (χ3n) is 5.42. The Bertz CT molecular complexity index is 1090. The Morgan fingerprint density at radius 2 is 1.55 bits per heavy atom. The smallest absolute Gasteiger partial charge is 0.338 e. The Morgan fingerprint density at radius 3 is 2.09 bits per heavy atom. The second kappa shape index (κ2) is 10.6. The summed E-state index contributed by atoms with van der Waals surface area (Å²) in [6.07, 6.45) is 0. The zero-order chi connectivity index (χ0) is 24.0. The molecule has 0 bridgehead atoms. The lowest BCUT2D eigenvalue weighted by Gasteiger charge is -2.33. The van der Waals surface area contributed by atoms with E-state index in [1.165, 1.54) is 40.4 Å². The number of ether oxygens (including phenoxy) is 1. The number of anilines is 1. The van der Waals surface area contributed by atoms with Gasteiger partial charge in [-0.2, -0.15) is 4.31 Å². The van der Waals surface area contributed by atoms with Crippen LogP contribution in [0.5, 0.6) is 0 Å². The molecule has 0 unspecified atom stereocenters. The molecular weight excluding hydrogens is 446 g/mol. The summed E-state index contributed by atoms with van der Waals surface area (Å²) in [5.74, 6) is -1.16. The van der Waals surface area contributed by atoms with Gasteiger partial charge in [0.25, 0.3) is 5.91 Å². The largest absolute Gasteiger partial charge is 0.452 e. The Labute approximate surface area is 193 Å². The lowest BCUT2D eigenvalue weighted by Crippen LogP contribution is -2.49. The first kappa shape index (κ1) is 24.4. The van der Waals surface area contributed by atoms with Gasteiger partial charge in [0.1, 0.15) is 0 Å². The van der Waals surface area contributed by atoms with Gasteiger partial charge in [-0.15, -0.1) is 0 Å². The molecule has 2 aromatic rings. The number of carbonyl (C=O) groups is 3. The number of hydrogen-bond donors (Lipinski definition) is 0. The quantitative estimate of drug-likeness (QED) is 0.568. The summed E-state index contributed by atoms with van der Waals surface area (Å²) in [5, 5.41) is 0. The van der Waals surface area contributed by atoms with Crippen molar-refractivity contribution in [2.75, 3.05) is 44.2 Å². The minimum absolute atomic E-state index is 0.0487. The van der Waals surface area contributed by atoms with Crippen LogP contribution in [0.25, 0.3) is 0 Å². The SMILES string of the molecule is CCN(C(=O)COC(=O)c1ccc(S(=O)(=O)N2CCN(C(C)=O)CC2)cc1)c1ccccc1. The molecule has 0 N–H and O–H groups in total. The van der Waals surface area contributed by atoms with Crippen molar-refractivity contribution < 1.29 is 27.5 Å². The van der Waals surface area contributed by atoms with Gasteiger partial charge in [-0.1, -0.05) is 18.2 Å². The van der Waals surface area contributed by atoms with Crippen LogP contribution in [-0.2, 0) is 24.3 Å². The lowest BCUT2D eigenvalue weighted by molar-refractivity contribution is -0.130. The summed E-state index contributed by atoms with van der Waals surface area (Å²) in [5.41, 5.74) is 0.852. The van der Waals surface area contributed by atoms with Gasteiger partial charge in [0.05, 0.1) is 10.5 Å². The molecule has 1 aliphatic rings. The van der Waals surface area contributed by atoms with Gasteiger partial charge >= 0.3 is 5.97 Å². The molecule has 1 heterocycles. The Kier molecular flexibility index (Phi) is 7.83. The third kappa shape index (κ3) is 5.77. The molecule has 0 aliphatic carbocycles. The number of hydrogen-bond acceptors (Lipinski definition) is 6. The van der Waals surface area contributed by atoms with Gasteiger partial charge < -0.3 is 14.5 Å². The highest BCUT2D eigenvalue weighted by atomic mass is 32.2. The summed E-state index contributed by atoms with van der Waals surface area (Å²) < 4.78 is 32.2. The maximum atomic E-state index is 12.9. The van der Waals surface area contributed by atoms with E-state index in [-0.39, 0.29) is 35.4 Å². The molecule has 3 rings (SSSR count). The molecule has 0 spiro atoms. The highest BCUT2D eigenvalue weighted by Gasteiger charge is 2.29. The number of benzene rings is 2. The van der Waals surface area contributed by atoms with Gasteiger partial charge in [-0.05, 0) is 43.3 Å². The second-order valence-electron chi connectivity index (χ2n) is 7.48. The van der Waals surface area contributed by atoms with Gasteiger partial charge in [0.2, 0.25) is 15.9 Å². The molecule has 2 aromatic carbocycles. The van der Waals surface area contributed by atoms with E-state index in [4.69, 9.17) is 4.74 Å². The molecule has 1 saturated heterocycles. The van der Waals surface area contributed by atoms with Crippen molar-refractivity contribution in [1.29, 1.82) is 0 Å². The number of amides is 2. The number of likely N-dealkylation sites (N-methyl/N-ethyl adjacent to an activating group) is 1. The first-order chi connectivity index (χ1) is 15.7. The Balaban J connectivity index is 1.60. The van der Waals surface area contributed by atoms with E-state index in [1.807, 2.05) is 25.1 Å². The molecule has 0 saturated carbocycles. The maximum absolute atomic E-state index is 12.9. The van der Waals surface area contributed by atoms with Crippen molar-refractivity contribution in [3.05, 3.63) is 60.2 Å². The molecule has 10 heteroatoms. The second-order valence-corrected chi connectivity index (χ2v) is 9.42. The van der Waals surface area contributed by atoms with Crippen LogP contribution in [-0.4, -0.2) is 74.7 Å². The van der Waals surface area contributed by atoms with Crippen LogP contribution in [0.15, 0.2) is 59.5 Å². The van der Waals surface area contributed by atoms with Crippen molar-refractivity contribution in [3.63, 3.8) is 0 Å². The van der Waals surface area contributed by atoms with E-state index in [0.29, 0.717) is 25.3 Å². The summed E-state index contributed by atoms with van der Waals surface area (Å²) in [7, 11) is -3.74. The minimum atomic E-state index is -3.74. The summed E-state index contributed by atoms with van der Waals surface area (Å²) in [6.45, 7) is 4.38. The highest BCUT2D eigenvalue weighted by molar-refractivity contribution is 7.89. The van der Waals surface area contributed by atoms with E-state index >= 15 is 0 Å². The minimum Gasteiger partial charge on any atom is -0.452 e. The first-order valence-electron chi connectivity index (χ1n) is 10.6. The van der Waals surface area contributed by atoms with Crippen LogP contribution in [0.2, 0.25) is 0 Å². The fourth-order valence-electron chi connectivity index (χ4n) is 3.55. The van der Waals surface area contributed by atoms with Crippen LogP contribution in [0.1, 0.15) is 24.2 Å². The number of nitrogens with zero attached hydrogens (tertiary/aromatic N) is 3. The average Bonchev–Trinajstić information content (AvgIpc) is 2.83. The van der Waals surface area contributed by atoms with E-state index in [0.717, 1.165) is 0 Å². The van der Waals surface area contributed by atoms with Crippen molar-refractivity contribution >= 4 is 33.5 Å². The fraction of sp³-hybridized carbons (Fsp3) is 0.348. The zero-order valence-corrected chi connectivity index (χ0v) is 19.5. The molecule has 176 valence electrons. The number of para-hydroxylation sites is 1. The van der Waals surface area contributed by atoms with E-state index in [9.17, 15) is 22.8 Å². The fourth-order valence-corrected chi connectivity index (χ4v) is 4.98. The molecule has 1 aliphatic heterocycles. The summed E-state index contributed by atoms with van der Waals surface area (Å²) in [4.78, 5) is 39.4. The van der Waals surface area contributed by atoms with Crippen LogP contribution < -0.4 is 4.90 Å². The molecule has 1 fully saturated rings. The van der Waals surface area contributed by atoms with Gasteiger partial charge in [-0.25, -0.2) is 13.2 Å². The average molecular weight is 474 g/mol. The van der Waals surface area contributed by atoms with Crippen LogP contribution in [0.4, 0.5) is 5.69 Å². The molecule has 2 amide bonds. The van der Waals surface area contributed by atoms with Crippen LogP contribution in [0, 0.1) is 0 Å². The highest BCUT2D eigenvalue weighted by Crippen LogP contribution is 2.19. The molecule has 9 nitrogen and oxygen atoms in total. The molecule has 0 radical (unpaired) electrons. The normalized spacial score (nSPS) is 14.5. The third-order valence-corrected chi connectivity index (χ3v) is 7.34. The van der Waals surface area contributed by atoms with Crippen LogP contribution in [0.3, 0.4) is 0 Å². The predicted molar refractivity (Wildman–Crippen MR) is 122 cm³/mol. The van der Waals surface area contributed by atoms with Crippen LogP contribution >= 0.6 is 0 Å². The van der Waals surface area contributed by atoms with E-state index in [2.05, 4.69) is 0 Å². The molecule has 0 atom stereocenters. The molecule has 0 aromatic heterocycles. The zero-order valence-electron chi connectivity index (χ0n) is 18.6. The van der Waals surface area contributed by atoms with Gasteiger partial charge in [0.15, 0.2) is 6.61 Å². The molecule has 33 heavy (non-hydrogen) atoms. The number of esters is 1. The van der Waals surface area contributed by atoms with Gasteiger partial charge in [0, 0.05) is 45.3 Å². The summed E-state index contributed by atoms with van der Waals surface area (Å²) in [6, 6.07) is 14.5. The molecular formula is C23H27N3O6S. The Morgan fingerprint density at radius 1 is 0.939 bits per heavy atom. The summed E-state index contributed by atoms with van der Waals surface area (Å²) >= 11 is 0.